The first-order valence-electron chi connectivity index (χ1n) is 6.34. The monoisotopic (exact) mass is 286 g/mol. The summed E-state index contributed by atoms with van der Waals surface area (Å²) >= 11 is 6.14. The lowest BCUT2D eigenvalue weighted by molar-refractivity contribution is 0.0859. The first-order chi connectivity index (χ1) is 9.81. The molecule has 5 heteroatoms. The van der Waals surface area contributed by atoms with Crippen molar-refractivity contribution >= 4 is 22.6 Å². The summed E-state index contributed by atoms with van der Waals surface area (Å²) in [5.74, 6) is 2.22. The summed E-state index contributed by atoms with van der Waals surface area (Å²) in [6.07, 6.45) is -0.256. The standard InChI is InChI=1S/C15H11ClN2O2/c16-9-4-3-5-10-14(9)18-15(17-10)13-8-19-11-6-1-2-7-12(11)20-13/h1-7,13H,8H2,(H,17,18). The number of imidazole rings is 1. The van der Waals surface area contributed by atoms with E-state index < -0.39 is 0 Å². The van der Waals surface area contributed by atoms with Gasteiger partial charge in [-0.25, -0.2) is 4.98 Å². The molecule has 0 spiro atoms. The molecule has 0 saturated heterocycles. The molecule has 1 aliphatic rings. The quantitative estimate of drug-likeness (QED) is 0.741. The van der Waals surface area contributed by atoms with Crippen molar-refractivity contribution in [3.05, 3.63) is 53.3 Å². The van der Waals surface area contributed by atoms with Gasteiger partial charge in [0.25, 0.3) is 0 Å². The van der Waals surface area contributed by atoms with E-state index in [9.17, 15) is 0 Å². The number of ether oxygens (including phenoxy) is 2. The highest BCUT2D eigenvalue weighted by molar-refractivity contribution is 6.34. The Morgan fingerprint density at radius 1 is 1.10 bits per heavy atom. The van der Waals surface area contributed by atoms with Gasteiger partial charge in [-0.2, -0.15) is 0 Å². The van der Waals surface area contributed by atoms with Crippen LogP contribution < -0.4 is 9.47 Å². The molecule has 1 unspecified atom stereocenters. The normalized spacial score (nSPS) is 17.4. The lowest BCUT2D eigenvalue weighted by Gasteiger charge is -2.24. The minimum absolute atomic E-state index is 0.256. The fraction of sp³-hybridized carbons (Fsp3) is 0.133. The van der Waals surface area contributed by atoms with Crippen LogP contribution >= 0.6 is 11.6 Å². The zero-order valence-electron chi connectivity index (χ0n) is 10.5. The summed E-state index contributed by atoms with van der Waals surface area (Å²) < 4.78 is 11.6. The molecule has 4 rings (SSSR count). The zero-order valence-corrected chi connectivity index (χ0v) is 11.2. The number of hydrogen-bond acceptors (Lipinski definition) is 3. The molecule has 0 radical (unpaired) electrons. The summed E-state index contributed by atoms with van der Waals surface area (Å²) in [5, 5.41) is 0.627. The van der Waals surface area contributed by atoms with Crippen LogP contribution in [-0.2, 0) is 0 Å². The fourth-order valence-electron chi connectivity index (χ4n) is 2.32. The highest BCUT2D eigenvalue weighted by atomic mass is 35.5. The van der Waals surface area contributed by atoms with Gasteiger partial charge in [0.2, 0.25) is 0 Å². The number of nitrogens with zero attached hydrogens (tertiary/aromatic N) is 1. The largest absolute Gasteiger partial charge is 0.485 e. The van der Waals surface area contributed by atoms with Gasteiger partial charge in [-0.15, -0.1) is 0 Å². The number of aromatic amines is 1. The summed E-state index contributed by atoms with van der Waals surface area (Å²) in [6.45, 7) is 0.425. The smallest absolute Gasteiger partial charge is 0.190 e. The van der Waals surface area contributed by atoms with E-state index in [4.69, 9.17) is 21.1 Å². The van der Waals surface area contributed by atoms with E-state index in [1.165, 1.54) is 0 Å². The summed E-state index contributed by atoms with van der Waals surface area (Å²) in [4.78, 5) is 7.75. The Bertz CT molecular complexity index is 784. The van der Waals surface area contributed by atoms with Gasteiger partial charge in [-0.05, 0) is 24.3 Å². The Labute approximate surface area is 120 Å². The highest BCUT2D eigenvalue weighted by Gasteiger charge is 2.25. The van der Waals surface area contributed by atoms with Gasteiger partial charge >= 0.3 is 0 Å². The molecule has 2 heterocycles. The van der Waals surface area contributed by atoms with Crippen molar-refractivity contribution in [1.29, 1.82) is 0 Å². The highest BCUT2D eigenvalue weighted by Crippen LogP contribution is 2.35. The van der Waals surface area contributed by atoms with Crippen molar-refractivity contribution in [2.75, 3.05) is 6.61 Å². The molecule has 1 aliphatic heterocycles. The van der Waals surface area contributed by atoms with E-state index in [0.29, 0.717) is 11.6 Å². The molecule has 20 heavy (non-hydrogen) atoms. The van der Waals surface area contributed by atoms with Crippen molar-refractivity contribution in [2.45, 2.75) is 6.10 Å². The minimum atomic E-state index is -0.256. The van der Waals surface area contributed by atoms with Crippen molar-refractivity contribution in [3.8, 4) is 11.5 Å². The number of H-pyrrole nitrogens is 1. The Morgan fingerprint density at radius 3 is 2.80 bits per heavy atom. The van der Waals surface area contributed by atoms with Crippen LogP contribution in [0.3, 0.4) is 0 Å². The Kier molecular flexibility index (Phi) is 2.57. The number of halogens is 1. The maximum absolute atomic E-state index is 6.14. The second-order valence-electron chi connectivity index (χ2n) is 4.62. The number of fused-ring (bicyclic) bond motifs is 2. The third-order valence-corrected chi connectivity index (χ3v) is 3.60. The van der Waals surface area contributed by atoms with E-state index in [2.05, 4.69) is 9.97 Å². The Morgan fingerprint density at radius 2 is 1.95 bits per heavy atom. The molecule has 0 bridgehead atoms. The maximum atomic E-state index is 6.14. The lowest BCUT2D eigenvalue weighted by Crippen LogP contribution is -2.22. The molecule has 0 saturated carbocycles. The summed E-state index contributed by atoms with van der Waals surface area (Å²) in [6, 6.07) is 13.3. The molecule has 0 aliphatic carbocycles. The molecule has 2 aromatic carbocycles. The van der Waals surface area contributed by atoms with E-state index in [0.717, 1.165) is 28.4 Å². The fourth-order valence-corrected chi connectivity index (χ4v) is 2.54. The van der Waals surface area contributed by atoms with Gasteiger partial charge in [0, 0.05) is 0 Å². The van der Waals surface area contributed by atoms with E-state index >= 15 is 0 Å². The van der Waals surface area contributed by atoms with Gasteiger partial charge in [0.05, 0.1) is 10.5 Å². The van der Waals surface area contributed by atoms with Crippen molar-refractivity contribution in [1.82, 2.24) is 9.97 Å². The molecule has 4 nitrogen and oxygen atoms in total. The van der Waals surface area contributed by atoms with Gasteiger partial charge in [0.15, 0.2) is 23.4 Å². The van der Waals surface area contributed by atoms with Crippen LogP contribution in [0.25, 0.3) is 11.0 Å². The molecule has 100 valence electrons. The minimum Gasteiger partial charge on any atom is -0.485 e. The molecule has 1 atom stereocenters. The lowest BCUT2D eigenvalue weighted by atomic mass is 10.2. The maximum Gasteiger partial charge on any atom is 0.190 e. The van der Waals surface area contributed by atoms with Crippen LogP contribution in [0.1, 0.15) is 11.9 Å². The molecule has 1 N–H and O–H groups in total. The molecular weight excluding hydrogens is 276 g/mol. The number of benzene rings is 2. The zero-order chi connectivity index (χ0) is 13.5. The van der Waals surface area contributed by atoms with Gasteiger partial charge in [-0.3, -0.25) is 0 Å². The summed E-state index contributed by atoms with van der Waals surface area (Å²) in [7, 11) is 0. The number of para-hydroxylation sites is 3. The molecule has 3 aromatic rings. The van der Waals surface area contributed by atoms with Crippen LogP contribution in [0.5, 0.6) is 11.5 Å². The van der Waals surface area contributed by atoms with Crippen LogP contribution in [0.4, 0.5) is 0 Å². The van der Waals surface area contributed by atoms with Gasteiger partial charge < -0.3 is 14.5 Å². The third-order valence-electron chi connectivity index (χ3n) is 3.30. The average Bonchev–Trinajstić information content (AvgIpc) is 2.92. The number of nitrogens with one attached hydrogen (secondary N) is 1. The molecule has 0 amide bonds. The average molecular weight is 287 g/mol. The topological polar surface area (TPSA) is 47.1 Å². The predicted molar refractivity (Wildman–Crippen MR) is 76.4 cm³/mol. The third kappa shape index (κ3) is 1.80. The van der Waals surface area contributed by atoms with Gasteiger partial charge in [0.1, 0.15) is 12.1 Å². The second-order valence-corrected chi connectivity index (χ2v) is 5.03. The Hall–Kier alpha value is -2.20. The van der Waals surface area contributed by atoms with E-state index in [1.807, 2.05) is 42.5 Å². The van der Waals surface area contributed by atoms with Crippen LogP contribution in [0.2, 0.25) is 5.02 Å². The second kappa shape index (κ2) is 4.42. The molecule has 1 aromatic heterocycles. The van der Waals surface area contributed by atoms with Crippen molar-refractivity contribution < 1.29 is 9.47 Å². The van der Waals surface area contributed by atoms with Crippen LogP contribution in [0, 0.1) is 0 Å². The molecule has 0 fully saturated rings. The SMILES string of the molecule is Clc1cccc2[nH]c(C3COc4ccccc4O3)nc12. The van der Waals surface area contributed by atoms with Crippen molar-refractivity contribution in [2.24, 2.45) is 0 Å². The molecular formula is C15H11ClN2O2. The van der Waals surface area contributed by atoms with E-state index in [-0.39, 0.29) is 6.10 Å². The van der Waals surface area contributed by atoms with E-state index in [1.54, 1.807) is 0 Å². The first-order valence-corrected chi connectivity index (χ1v) is 6.72. The first kappa shape index (κ1) is 11.6. The Balaban J connectivity index is 1.72. The van der Waals surface area contributed by atoms with Crippen LogP contribution in [0.15, 0.2) is 42.5 Å². The predicted octanol–water partition coefficient (Wildman–Crippen LogP) is 3.73. The van der Waals surface area contributed by atoms with Crippen molar-refractivity contribution in [3.63, 3.8) is 0 Å². The summed E-state index contributed by atoms with van der Waals surface area (Å²) in [5.41, 5.74) is 1.65. The number of aromatic nitrogens is 2. The van der Waals surface area contributed by atoms with Gasteiger partial charge in [-0.1, -0.05) is 29.8 Å². The number of rotatable bonds is 1. The number of hydrogen-bond donors (Lipinski definition) is 1. The van der Waals surface area contributed by atoms with Crippen LogP contribution in [-0.4, -0.2) is 16.6 Å².